The van der Waals surface area contributed by atoms with Crippen LogP contribution in [0.25, 0.3) is 0 Å². The summed E-state index contributed by atoms with van der Waals surface area (Å²) in [5.41, 5.74) is 1.67. The maximum Gasteiger partial charge on any atom is 0.251 e. The zero-order chi connectivity index (χ0) is 16.1. The molecule has 0 bridgehead atoms. The molecule has 5 heteroatoms. The van der Waals surface area contributed by atoms with Gasteiger partial charge >= 0.3 is 0 Å². The molecule has 0 unspecified atom stereocenters. The van der Waals surface area contributed by atoms with E-state index in [4.69, 9.17) is 11.6 Å². The minimum Gasteiger partial charge on any atom is -0.357 e. The zero-order valence-corrected chi connectivity index (χ0v) is 13.7. The molecular formula is C18H20ClN3O. The number of pyridine rings is 1. The molecule has 2 heterocycles. The van der Waals surface area contributed by atoms with Gasteiger partial charge in [0.1, 0.15) is 5.82 Å². The van der Waals surface area contributed by atoms with Crippen LogP contribution in [-0.2, 0) is 6.54 Å². The Morgan fingerprint density at radius 1 is 1.13 bits per heavy atom. The average molecular weight is 330 g/mol. The van der Waals surface area contributed by atoms with E-state index in [1.165, 1.54) is 19.3 Å². The summed E-state index contributed by atoms with van der Waals surface area (Å²) in [7, 11) is 0. The Balaban J connectivity index is 1.61. The van der Waals surface area contributed by atoms with Crippen molar-refractivity contribution >= 4 is 23.3 Å². The summed E-state index contributed by atoms with van der Waals surface area (Å²) < 4.78 is 0. The van der Waals surface area contributed by atoms with Crippen LogP contribution in [0.3, 0.4) is 0 Å². The van der Waals surface area contributed by atoms with Crippen LogP contribution in [0.5, 0.6) is 0 Å². The summed E-state index contributed by atoms with van der Waals surface area (Å²) in [6.07, 6.45) is 5.56. The molecule has 1 N–H and O–H groups in total. The lowest BCUT2D eigenvalue weighted by Gasteiger charge is -2.27. The summed E-state index contributed by atoms with van der Waals surface area (Å²) in [6, 6.07) is 10.9. The van der Waals surface area contributed by atoms with Crippen LogP contribution in [0.4, 0.5) is 5.82 Å². The number of aromatic nitrogens is 1. The van der Waals surface area contributed by atoms with Gasteiger partial charge in [0.25, 0.3) is 5.91 Å². The van der Waals surface area contributed by atoms with Gasteiger partial charge in [-0.1, -0.05) is 11.6 Å². The Labute approximate surface area is 141 Å². The minimum absolute atomic E-state index is 0.0991. The molecule has 120 valence electrons. The van der Waals surface area contributed by atoms with Crippen LogP contribution in [-0.4, -0.2) is 24.0 Å². The smallest absolute Gasteiger partial charge is 0.251 e. The Hall–Kier alpha value is -2.07. The SMILES string of the molecule is O=C(NCc1ccnc(N2CCCCC2)c1)c1ccc(Cl)cc1. The first-order chi connectivity index (χ1) is 11.2. The number of carbonyl (C=O) groups is 1. The largest absolute Gasteiger partial charge is 0.357 e. The van der Waals surface area contributed by atoms with E-state index in [1.54, 1.807) is 24.3 Å². The van der Waals surface area contributed by atoms with Crippen molar-refractivity contribution in [2.75, 3.05) is 18.0 Å². The Morgan fingerprint density at radius 2 is 1.87 bits per heavy atom. The van der Waals surface area contributed by atoms with E-state index >= 15 is 0 Å². The quantitative estimate of drug-likeness (QED) is 0.931. The highest BCUT2D eigenvalue weighted by Gasteiger charge is 2.12. The normalized spacial score (nSPS) is 14.6. The third-order valence-electron chi connectivity index (χ3n) is 4.05. The summed E-state index contributed by atoms with van der Waals surface area (Å²) in [4.78, 5) is 18.9. The summed E-state index contributed by atoms with van der Waals surface area (Å²) in [5.74, 6) is 0.904. The third-order valence-corrected chi connectivity index (χ3v) is 4.30. The molecule has 2 aromatic rings. The average Bonchev–Trinajstić information content (AvgIpc) is 2.61. The second kappa shape index (κ2) is 7.47. The second-order valence-electron chi connectivity index (χ2n) is 5.76. The monoisotopic (exact) mass is 329 g/mol. The minimum atomic E-state index is -0.0991. The van der Waals surface area contributed by atoms with Gasteiger partial charge in [-0.05, 0) is 61.2 Å². The van der Waals surface area contributed by atoms with E-state index in [9.17, 15) is 4.79 Å². The third kappa shape index (κ3) is 4.23. The van der Waals surface area contributed by atoms with Gasteiger partial charge in [0.15, 0.2) is 0 Å². The lowest BCUT2D eigenvalue weighted by atomic mass is 10.1. The molecule has 1 aliphatic rings. The number of carbonyl (C=O) groups excluding carboxylic acids is 1. The number of anilines is 1. The van der Waals surface area contributed by atoms with Crippen LogP contribution in [0, 0.1) is 0 Å². The van der Waals surface area contributed by atoms with Gasteiger partial charge in [0.2, 0.25) is 0 Å². The van der Waals surface area contributed by atoms with Crippen molar-refractivity contribution in [1.29, 1.82) is 0 Å². The summed E-state index contributed by atoms with van der Waals surface area (Å²) in [5, 5.41) is 3.56. The Kier molecular flexibility index (Phi) is 5.13. The first-order valence-corrected chi connectivity index (χ1v) is 8.34. The molecular weight excluding hydrogens is 310 g/mol. The topological polar surface area (TPSA) is 45.2 Å². The maximum absolute atomic E-state index is 12.1. The van der Waals surface area contributed by atoms with Crippen molar-refractivity contribution in [2.45, 2.75) is 25.8 Å². The van der Waals surface area contributed by atoms with Crippen molar-refractivity contribution in [3.05, 3.63) is 58.7 Å². The highest BCUT2D eigenvalue weighted by atomic mass is 35.5. The van der Waals surface area contributed by atoms with Gasteiger partial charge in [-0.3, -0.25) is 4.79 Å². The highest BCUT2D eigenvalue weighted by molar-refractivity contribution is 6.30. The van der Waals surface area contributed by atoms with Crippen molar-refractivity contribution in [3.8, 4) is 0 Å². The van der Waals surface area contributed by atoms with E-state index in [1.807, 2.05) is 12.3 Å². The van der Waals surface area contributed by atoms with Gasteiger partial charge < -0.3 is 10.2 Å². The first-order valence-electron chi connectivity index (χ1n) is 7.96. The van der Waals surface area contributed by atoms with Crippen molar-refractivity contribution in [3.63, 3.8) is 0 Å². The Bertz CT molecular complexity index is 666. The number of rotatable bonds is 4. The second-order valence-corrected chi connectivity index (χ2v) is 6.20. The molecule has 3 rings (SSSR count). The fraction of sp³-hybridized carbons (Fsp3) is 0.333. The molecule has 0 saturated carbocycles. The van der Waals surface area contributed by atoms with Crippen LogP contribution in [0.15, 0.2) is 42.6 Å². The molecule has 0 atom stereocenters. The number of nitrogens with zero attached hydrogens (tertiary/aromatic N) is 2. The molecule has 1 fully saturated rings. The van der Waals surface area contributed by atoms with Gasteiger partial charge in [0.05, 0.1) is 0 Å². The molecule has 23 heavy (non-hydrogen) atoms. The van der Waals surface area contributed by atoms with Crippen LogP contribution in [0.1, 0.15) is 35.2 Å². The van der Waals surface area contributed by atoms with Gasteiger partial charge in [-0.15, -0.1) is 0 Å². The number of benzene rings is 1. The van der Waals surface area contributed by atoms with Gasteiger partial charge in [-0.2, -0.15) is 0 Å². The predicted molar refractivity (Wildman–Crippen MR) is 92.9 cm³/mol. The fourth-order valence-corrected chi connectivity index (χ4v) is 2.88. The zero-order valence-electron chi connectivity index (χ0n) is 13.0. The molecule has 1 aromatic heterocycles. The van der Waals surface area contributed by atoms with E-state index in [0.717, 1.165) is 24.5 Å². The van der Waals surface area contributed by atoms with Crippen molar-refractivity contribution in [2.24, 2.45) is 0 Å². The van der Waals surface area contributed by atoms with Gasteiger partial charge in [-0.25, -0.2) is 4.98 Å². The van der Waals surface area contributed by atoms with E-state index in [-0.39, 0.29) is 5.91 Å². The lowest BCUT2D eigenvalue weighted by molar-refractivity contribution is 0.0951. The molecule has 0 spiro atoms. The standard InChI is InChI=1S/C18H20ClN3O/c19-16-6-4-15(5-7-16)18(23)21-13-14-8-9-20-17(12-14)22-10-2-1-3-11-22/h4-9,12H,1-3,10-11,13H2,(H,21,23). The molecule has 1 aliphatic heterocycles. The van der Waals surface area contributed by atoms with Crippen LogP contribution >= 0.6 is 11.6 Å². The molecule has 1 saturated heterocycles. The number of hydrogen-bond donors (Lipinski definition) is 1. The Morgan fingerprint density at radius 3 is 2.61 bits per heavy atom. The molecule has 1 amide bonds. The number of halogens is 1. The number of amides is 1. The maximum atomic E-state index is 12.1. The molecule has 1 aromatic carbocycles. The number of hydrogen-bond acceptors (Lipinski definition) is 3. The molecule has 0 aliphatic carbocycles. The van der Waals surface area contributed by atoms with Crippen LogP contribution < -0.4 is 10.2 Å². The fourth-order valence-electron chi connectivity index (χ4n) is 2.75. The van der Waals surface area contributed by atoms with Gasteiger partial charge in [0, 0.05) is 36.4 Å². The van der Waals surface area contributed by atoms with Crippen molar-refractivity contribution in [1.82, 2.24) is 10.3 Å². The number of piperidine rings is 1. The van der Waals surface area contributed by atoms with E-state index in [0.29, 0.717) is 17.1 Å². The number of nitrogens with one attached hydrogen (secondary N) is 1. The predicted octanol–water partition coefficient (Wildman–Crippen LogP) is 3.66. The first kappa shape index (κ1) is 15.8. The summed E-state index contributed by atoms with van der Waals surface area (Å²) >= 11 is 5.84. The van der Waals surface area contributed by atoms with E-state index in [2.05, 4.69) is 21.3 Å². The van der Waals surface area contributed by atoms with Crippen molar-refractivity contribution < 1.29 is 4.79 Å². The highest BCUT2D eigenvalue weighted by Crippen LogP contribution is 2.18. The van der Waals surface area contributed by atoms with Crippen LogP contribution in [0.2, 0.25) is 5.02 Å². The molecule has 0 radical (unpaired) electrons. The lowest BCUT2D eigenvalue weighted by Crippen LogP contribution is -2.30. The summed E-state index contributed by atoms with van der Waals surface area (Å²) in [6.45, 7) is 2.62. The van der Waals surface area contributed by atoms with E-state index < -0.39 is 0 Å². The molecule has 4 nitrogen and oxygen atoms in total.